The van der Waals surface area contributed by atoms with Crippen molar-refractivity contribution in [2.75, 3.05) is 33.6 Å². The number of piperidine rings is 1. The van der Waals surface area contributed by atoms with Crippen molar-refractivity contribution in [3.8, 4) is 0 Å². The van der Waals surface area contributed by atoms with Crippen molar-refractivity contribution < 1.29 is 58.2 Å². The summed E-state index contributed by atoms with van der Waals surface area (Å²) in [5.41, 5.74) is 8.31. The van der Waals surface area contributed by atoms with Crippen molar-refractivity contribution in [3.63, 3.8) is 0 Å². The molecule has 356 valence electrons. The molecule has 0 unspecified atom stereocenters. The van der Waals surface area contributed by atoms with E-state index in [2.05, 4.69) is 4.98 Å². The fraction of sp³-hybridized carbons (Fsp3) is 0.694. The Labute approximate surface area is 378 Å². The summed E-state index contributed by atoms with van der Waals surface area (Å²) in [6.07, 6.45) is 8.22. The van der Waals surface area contributed by atoms with Crippen LogP contribution in [0.3, 0.4) is 0 Å². The minimum absolute atomic E-state index is 0.0303. The van der Waals surface area contributed by atoms with Gasteiger partial charge in [0.05, 0.1) is 30.5 Å². The molecule has 2 saturated heterocycles. The lowest BCUT2D eigenvalue weighted by Crippen LogP contribution is -2.64. The van der Waals surface area contributed by atoms with Crippen molar-refractivity contribution in [1.82, 2.24) is 9.88 Å². The molecule has 3 aliphatic heterocycles. The molecule has 64 heavy (non-hydrogen) atoms. The van der Waals surface area contributed by atoms with Crippen molar-refractivity contribution in [3.05, 3.63) is 53.3 Å². The van der Waals surface area contributed by atoms with Crippen LogP contribution < -0.4 is 5.73 Å². The molecule has 1 aromatic rings. The Morgan fingerprint density at radius 1 is 0.953 bits per heavy atom. The molecule has 1 saturated carbocycles. The van der Waals surface area contributed by atoms with Crippen molar-refractivity contribution in [1.29, 1.82) is 0 Å². The smallest absolute Gasteiger partial charge is 0.329 e. The number of rotatable bonds is 8. The fourth-order valence-corrected chi connectivity index (χ4v) is 10.2. The number of aliphatic hydroxyl groups is 3. The van der Waals surface area contributed by atoms with Crippen molar-refractivity contribution in [2.45, 2.75) is 160 Å². The van der Waals surface area contributed by atoms with Crippen LogP contribution in [0.15, 0.2) is 47.7 Å². The summed E-state index contributed by atoms with van der Waals surface area (Å²) in [5.74, 6) is -7.67. The number of aromatic nitrogens is 1. The number of carbonyl (C=O) groups is 4. The largest absolute Gasteiger partial charge is 0.456 e. The number of ether oxygens (including phenoxy) is 5. The quantitative estimate of drug-likeness (QED) is 0.151. The second kappa shape index (κ2) is 23.1. The lowest BCUT2D eigenvalue weighted by molar-refractivity contribution is -0.302. The summed E-state index contributed by atoms with van der Waals surface area (Å²) in [7, 11) is 4.61. The molecule has 4 aliphatic rings. The van der Waals surface area contributed by atoms with E-state index in [1.165, 1.54) is 19.1 Å². The predicted octanol–water partition coefficient (Wildman–Crippen LogP) is 5.14. The molecule has 14 atom stereocenters. The number of hydrogen-bond acceptors (Lipinski definition) is 14. The van der Waals surface area contributed by atoms with E-state index in [0.717, 1.165) is 11.1 Å². The van der Waals surface area contributed by atoms with Gasteiger partial charge in [-0.3, -0.25) is 14.4 Å². The molecule has 0 radical (unpaired) electrons. The van der Waals surface area contributed by atoms with E-state index >= 15 is 0 Å². The third kappa shape index (κ3) is 12.5. The number of nitrogen functional groups attached to an aromatic ring is 1. The molecular formula is C49H73N3O12. The number of fused-ring (bicyclic) bond motifs is 3. The molecule has 4 heterocycles. The summed E-state index contributed by atoms with van der Waals surface area (Å²) in [6, 6.07) is 2.39. The number of carbonyl (C=O) groups excluding carboxylic acids is 4. The zero-order chi connectivity index (χ0) is 46.9. The maximum Gasteiger partial charge on any atom is 0.329 e. The van der Waals surface area contributed by atoms with Crippen molar-refractivity contribution in [2.24, 2.45) is 29.6 Å². The van der Waals surface area contributed by atoms with Crippen LogP contribution in [0.1, 0.15) is 111 Å². The Morgan fingerprint density at radius 3 is 2.34 bits per heavy atom. The molecule has 2 bridgehead atoms. The van der Waals surface area contributed by atoms with Crippen molar-refractivity contribution >= 4 is 35.3 Å². The van der Waals surface area contributed by atoms with Crippen LogP contribution >= 0.6 is 0 Å². The van der Waals surface area contributed by atoms with E-state index in [4.69, 9.17) is 29.4 Å². The van der Waals surface area contributed by atoms with Gasteiger partial charge in [0.25, 0.3) is 11.7 Å². The van der Waals surface area contributed by atoms with E-state index in [-0.39, 0.29) is 49.5 Å². The number of allylic oxidation sites excluding steroid dienone is 4. The summed E-state index contributed by atoms with van der Waals surface area (Å²) < 4.78 is 30.0. The molecule has 15 nitrogen and oxygen atoms in total. The summed E-state index contributed by atoms with van der Waals surface area (Å²) in [5, 5.41) is 34.6. The number of anilines is 1. The lowest BCUT2D eigenvalue weighted by atomic mass is 9.81. The predicted molar refractivity (Wildman–Crippen MR) is 240 cm³/mol. The molecule has 1 aliphatic carbocycles. The first-order valence-corrected chi connectivity index (χ1v) is 23.1. The van der Waals surface area contributed by atoms with E-state index in [1.807, 2.05) is 51.1 Å². The summed E-state index contributed by atoms with van der Waals surface area (Å²) >= 11 is 0. The molecule has 1 aromatic heterocycles. The minimum Gasteiger partial charge on any atom is -0.456 e. The molecule has 3 fully saturated rings. The number of nitrogens with two attached hydrogens (primary N) is 1. The number of ketones is 2. The average molecular weight is 896 g/mol. The van der Waals surface area contributed by atoms with Gasteiger partial charge in [0.1, 0.15) is 29.9 Å². The number of methoxy groups -OCH3 is 3. The number of aliphatic hydroxyl groups excluding tert-OH is 2. The number of hydrogen-bond donors (Lipinski definition) is 4. The molecule has 5 rings (SSSR count). The van der Waals surface area contributed by atoms with Gasteiger partial charge in [-0.2, -0.15) is 0 Å². The second-order valence-corrected chi connectivity index (χ2v) is 18.9. The Bertz CT molecular complexity index is 1870. The highest BCUT2D eigenvalue weighted by atomic mass is 16.7. The van der Waals surface area contributed by atoms with E-state index in [9.17, 15) is 34.5 Å². The monoisotopic (exact) mass is 896 g/mol. The van der Waals surface area contributed by atoms with Gasteiger partial charge in [-0.1, -0.05) is 50.6 Å². The molecule has 0 spiro atoms. The van der Waals surface area contributed by atoms with Crippen LogP contribution in [-0.4, -0.2) is 131 Å². The molecule has 15 heteroatoms. The van der Waals surface area contributed by atoms with E-state index in [0.29, 0.717) is 62.8 Å². The normalized spacial score (nSPS) is 37.9. The summed E-state index contributed by atoms with van der Waals surface area (Å²) in [6.45, 7) is 9.24. The fourth-order valence-electron chi connectivity index (χ4n) is 10.2. The first-order valence-electron chi connectivity index (χ1n) is 23.1. The van der Waals surface area contributed by atoms with Gasteiger partial charge in [-0.05, 0) is 113 Å². The van der Waals surface area contributed by atoms with Crippen LogP contribution in [0.4, 0.5) is 5.82 Å². The Kier molecular flexibility index (Phi) is 18.4. The molecule has 0 aromatic carbocycles. The van der Waals surface area contributed by atoms with Gasteiger partial charge in [0, 0.05) is 58.2 Å². The zero-order valence-electron chi connectivity index (χ0n) is 39.0. The van der Waals surface area contributed by atoms with Crippen LogP contribution in [0.25, 0.3) is 6.08 Å². The Balaban J connectivity index is 1.56. The Hall–Kier alpha value is -3.83. The zero-order valence-corrected chi connectivity index (χ0v) is 39.0. The van der Waals surface area contributed by atoms with Gasteiger partial charge in [-0.25, -0.2) is 9.78 Å². The van der Waals surface area contributed by atoms with Gasteiger partial charge in [0.2, 0.25) is 5.79 Å². The number of amides is 1. The number of cyclic esters (lactones) is 1. The molecule has 1 amide bonds. The Morgan fingerprint density at radius 2 is 1.66 bits per heavy atom. The highest BCUT2D eigenvalue weighted by molar-refractivity contribution is 6.39. The number of pyridine rings is 1. The minimum atomic E-state index is -2.53. The number of esters is 1. The highest BCUT2D eigenvalue weighted by Gasteiger charge is 2.56. The average Bonchev–Trinajstić information content (AvgIpc) is 3.27. The molecule has 5 N–H and O–H groups in total. The van der Waals surface area contributed by atoms with Gasteiger partial charge in [-0.15, -0.1) is 0 Å². The van der Waals surface area contributed by atoms with Crippen LogP contribution in [-0.2, 0) is 42.9 Å². The van der Waals surface area contributed by atoms with Gasteiger partial charge in [0.15, 0.2) is 0 Å². The topological polar surface area (TPSA) is 217 Å². The van der Waals surface area contributed by atoms with Gasteiger partial charge >= 0.3 is 5.97 Å². The first-order chi connectivity index (χ1) is 30.4. The first kappa shape index (κ1) is 51.2. The third-order valence-corrected chi connectivity index (χ3v) is 14.0. The maximum atomic E-state index is 14.5. The lowest BCUT2D eigenvalue weighted by Gasteiger charge is -2.47. The van der Waals surface area contributed by atoms with Crippen LogP contribution in [0.5, 0.6) is 0 Å². The maximum absolute atomic E-state index is 14.5. The molecular weight excluding hydrogens is 823 g/mol. The van der Waals surface area contributed by atoms with E-state index in [1.54, 1.807) is 33.2 Å². The number of Topliss-reactive ketones (excluding diaryl/α,β-unsaturated/α-hetero) is 2. The van der Waals surface area contributed by atoms with Crippen LogP contribution in [0.2, 0.25) is 0 Å². The third-order valence-electron chi connectivity index (χ3n) is 14.0. The van der Waals surface area contributed by atoms with Gasteiger partial charge < -0.3 is 49.6 Å². The number of nitrogens with zero attached hydrogens (tertiary/aromatic N) is 2. The highest BCUT2D eigenvalue weighted by Crippen LogP contribution is 2.39. The second-order valence-electron chi connectivity index (χ2n) is 18.9. The SMILES string of the molecule is CO[C@H]1C[C@@H](C)C/C(C)=C/[C@@H](C/C=C/c2ccnc(N)c2)C(=O)C[C@H](O)[C@@H](C)[C@@H](/C(C)=C/[C@@H]2CC[C@@H](O)[C@H](OC)C2)OC(=O)[C@@H]2CCCCN2C(=O)C(=O)[C@]2(O)O[C@H]1[C@@H](OC)C[C@H]2C. The standard InChI is InChI=1S/C49H73N3O12/c1-28-20-29(2)22-41(61-7)45-42(62-8)24-31(4)49(59,64-45)46(56)47(57)52-19-10-9-14-36(52)48(58)63-44(30(3)23-34-15-16-37(53)40(25-34)60-6)32(5)38(54)27-39(55)35(21-28)13-11-12-33-17-18-51-43(50)26-33/h11-12,17-18,21,23,26,29,31-32,34-38,40-42,44-45,53-54,59H,9-10,13-16,19-20,22,24-25,27H2,1-8H3,(H2,50,51)/b12-11+,28-21+,30-23+/t29-,31+,32+,34-,35+,36-,37+,38-,40+,41-,42-,44+,45+,49+/m0/s1. The van der Waals surface area contributed by atoms with E-state index < -0.39 is 83.9 Å². The summed E-state index contributed by atoms with van der Waals surface area (Å²) in [4.78, 5) is 62.8. The van der Waals surface area contributed by atoms with Crippen LogP contribution in [0, 0.1) is 29.6 Å².